The Labute approximate surface area is 110 Å². The van der Waals surface area contributed by atoms with E-state index in [0.29, 0.717) is 6.54 Å². The van der Waals surface area contributed by atoms with Crippen LogP contribution in [0.15, 0.2) is 18.3 Å². The van der Waals surface area contributed by atoms with E-state index < -0.39 is 11.7 Å². The van der Waals surface area contributed by atoms with Gasteiger partial charge >= 0.3 is 6.18 Å². The van der Waals surface area contributed by atoms with Crippen LogP contribution in [0.2, 0.25) is 0 Å². The smallest absolute Gasteiger partial charge is 0.368 e. The van der Waals surface area contributed by atoms with Gasteiger partial charge in [-0.3, -0.25) is 0 Å². The predicted octanol–water partition coefficient (Wildman–Crippen LogP) is 3.00. The molecule has 6 heteroatoms. The third-order valence-electron chi connectivity index (χ3n) is 3.92. The second-order valence-corrected chi connectivity index (χ2v) is 5.25. The molecule has 0 saturated heterocycles. The molecular weight excluding hydrogens is 255 g/mol. The van der Waals surface area contributed by atoms with Gasteiger partial charge in [-0.05, 0) is 45.5 Å². The van der Waals surface area contributed by atoms with E-state index in [9.17, 15) is 13.2 Å². The van der Waals surface area contributed by atoms with Crippen LogP contribution in [0.3, 0.4) is 0 Å². The van der Waals surface area contributed by atoms with Crippen molar-refractivity contribution in [2.24, 2.45) is 0 Å². The van der Waals surface area contributed by atoms with Gasteiger partial charge in [0, 0.05) is 18.3 Å². The van der Waals surface area contributed by atoms with E-state index in [1.54, 1.807) is 0 Å². The number of halogens is 3. The number of alkyl halides is 3. The SMILES string of the molecule is CN(C)C1(CNc2cc(C(F)(F)F)ccn2)CCC1. The second kappa shape index (κ2) is 5.00. The number of aromatic nitrogens is 1. The highest BCUT2D eigenvalue weighted by Gasteiger charge is 2.39. The van der Waals surface area contributed by atoms with Crippen LogP contribution in [0.4, 0.5) is 19.0 Å². The van der Waals surface area contributed by atoms with Gasteiger partial charge in [0.15, 0.2) is 0 Å². The van der Waals surface area contributed by atoms with Crippen molar-refractivity contribution in [2.45, 2.75) is 31.0 Å². The van der Waals surface area contributed by atoms with Crippen LogP contribution in [-0.4, -0.2) is 36.1 Å². The molecule has 1 saturated carbocycles. The van der Waals surface area contributed by atoms with Gasteiger partial charge in [0.05, 0.1) is 5.56 Å². The van der Waals surface area contributed by atoms with Gasteiger partial charge in [0.25, 0.3) is 0 Å². The summed E-state index contributed by atoms with van der Waals surface area (Å²) in [4.78, 5) is 6.08. The topological polar surface area (TPSA) is 28.2 Å². The van der Waals surface area contributed by atoms with Crippen molar-refractivity contribution in [1.82, 2.24) is 9.88 Å². The van der Waals surface area contributed by atoms with Crippen LogP contribution in [0.5, 0.6) is 0 Å². The first kappa shape index (κ1) is 14.1. The summed E-state index contributed by atoms with van der Waals surface area (Å²) in [7, 11) is 4.00. The summed E-state index contributed by atoms with van der Waals surface area (Å²) < 4.78 is 37.8. The van der Waals surface area contributed by atoms with Gasteiger partial charge < -0.3 is 10.2 Å². The highest BCUT2D eigenvalue weighted by Crippen LogP contribution is 2.36. The van der Waals surface area contributed by atoms with Gasteiger partial charge in [-0.2, -0.15) is 13.2 Å². The Kier molecular flexibility index (Phi) is 3.71. The molecule has 1 aliphatic rings. The van der Waals surface area contributed by atoms with E-state index in [1.807, 2.05) is 14.1 Å². The minimum atomic E-state index is -4.32. The number of nitrogens with zero attached hydrogens (tertiary/aromatic N) is 2. The van der Waals surface area contributed by atoms with Crippen LogP contribution in [0, 0.1) is 0 Å². The third kappa shape index (κ3) is 3.00. The minimum Gasteiger partial charge on any atom is -0.368 e. The van der Waals surface area contributed by atoms with E-state index in [0.717, 1.165) is 31.4 Å². The number of likely N-dealkylation sites (N-methyl/N-ethyl adjacent to an activating group) is 1. The summed E-state index contributed by atoms with van der Waals surface area (Å²) in [5, 5.41) is 3.03. The lowest BCUT2D eigenvalue weighted by Crippen LogP contribution is -2.54. The predicted molar refractivity (Wildman–Crippen MR) is 68.0 cm³/mol. The molecule has 0 amide bonds. The molecule has 0 bridgehead atoms. The number of anilines is 1. The molecule has 1 aromatic heterocycles. The molecule has 0 spiro atoms. The van der Waals surface area contributed by atoms with E-state index >= 15 is 0 Å². The van der Waals surface area contributed by atoms with Gasteiger partial charge in [-0.25, -0.2) is 4.98 Å². The lowest BCUT2D eigenvalue weighted by Gasteiger charge is -2.47. The quantitative estimate of drug-likeness (QED) is 0.914. The monoisotopic (exact) mass is 273 g/mol. The Hall–Kier alpha value is -1.30. The number of hydrogen-bond donors (Lipinski definition) is 1. The fraction of sp³-hybridized carbons (Fsp3) is 0.615. The zero-order chi connectivity index (χ0) is 14.1. The largest absolute Gasteiger partial charge is 0.416 e. The summed E-state index contributed by atoms with van der Waals surface area (Å²) in [6.45, 7) is 0.619. The maximum atomic E-state index is 12.6. The maximum Gasteiger partial charge on any atom is 0.416 e. The molecule has 1 heterocycles. The maximum absolute atomic E-state index is 12.6. The molecule has 0 radical (unpaired) electrons. The van der Waals surface area contributed by atoms with Crippen LogP contribution in [0.25, 0.3) is 0 Å². The van der Waals surface area contributed by atoms with Crippen LogP contribution in [0.1, 0.15) is 24.8 Å². The van der Waals surface area contributed by atoms with Crippen LogP contribution in [-0.2, 0) is 6.18 Å². The third-order valence-corrected chi connectivity index (χ3v) is 3.92. The summed E-state index contributed by atoms with van der Waals surface area (Å²) in [6, 6.07) is 2.04. The second-order valence-electron chi connectivity index (χ2n) is 5.25. The minimum absolute atomic E-state index is 0.0515. The molecule has 3 nitrogen and oxygen atoms in total. The standard InChI is InChI=1S/C13H18F3N3/c1-19(2)12(5-3-6-12)9-18-11-8-10(4-7-17-11)13(14,15)16/h4,7-8H,3,5-6,9H2,1-2H3,(H,17,18). The first-order chi connectivity index (χ1) is 8.83. The summed E-state index contributed by atoms with van der Waals surface area (Å²) in [5.74, 6) is 0.281. The molecule has 2 rings (SSSR count). The Bertz CT molecular complexity index is 439. The number of hydrogen-bond acceptors (Lipinski definition) is 3. The molecule has 0 atom stereocenters. The van der Waals surface area contributed by atoms with Crippen LogP contribution >= 0.6 is 0 Å². The summed E-state index contributed by atoms with van der Waals surface area (Å²) in [5.41, 5.74) is -0.617. The van der Waals surface area contributed by atoms with Gasteiger partial charge in [-0.15, -0.1) is 0 Å². The first-order valence-corrected chi connectivity index (χ1v) is 6.28. The van der Waals surface area contributed by atoms with Gasteiger partial charge in [0.1, 0.15) is 5.82 Å². The molecule has 0 unspecified atom stereocenters. The van der Waals surface area contributed by atoms with Crippen molar-refractivity contribution in [1.29, 1.82) is 0 Å². The molecule has 1 N–H and O–H groups in total. The van der Waals surface area contributed by atoms with E-state index in [2.05, 4.69) is 15.2 Å². The molecule has 19 heavy (non-hydrogen) atoms. The fourth-order valence-corrected chi connectivity index (χ4v) is 2.33. The molecule has 0 aliphatic heterocycles. The lowest BCUT2D eigenvalue weighted by atomic mass is 9.75. The zero-order valence-electron chi connectivity index (χ0n) is 11.1. The highest BCUT2D eigenvalue weighted by molar-refractivity contribution is 5.39. The molecular formula is C13H18F3N3. The van der Waals surface area contributed by atoms with E-state index in [1.165, 1.54) is 6.20 Å². The summed E-state index contributed by atoms with van der Waals surface area (Å²) in [6.07, 6.45) is 0.150. The normalized spacial score (nSPS) is 18.2. The fourth-order valence-electron chi connectivity index (χ4n) is 2.33. The van der Waals surface area contributed by atoms with Crippen molar-refractivity contribution < 1.29 is 13.2 Å². The Morgan fingerprint density at radius 3 is 2.53 bits per heavy atom. The first-order valence-electron chi connectivity index (χ1n) is 6.28. The van der Waals surface area contributed by atoms with E-state index in [-0.39, 0.29) is 11.4 Å². The Morgan fingerprint density at radius 2 is 2.05 bits per heavy atom. The average molecular weight is 273 g/mol. The number of nitrogens with one attached hydrogen (secondary N) is 1. The number of pyridine rings is 1. The van der Waals surface area contributed by atoms with Crippen molar-refractivity contribution >= 4 is 5.82 Å². The zero-order valence-corrected chi connectivity index (χ0v) is 11.1. The van der Waals surface area contributed by atoms with Crippen molar-refractivity contribution in [3.63, 3.8) is 0 Å². The van der Waals surface area contributed by atoms with E-state index in [4.69, 9.17) is 0 Å². The van der Waals surface area contributed by atoms with Crippen molar-refractivity contribution in [2.75, 3.05) is 26.0 Å². The van der Waals surface area contributed by atoms with Crippen LogP contribution < -0.4 is 5.32 Å². The average Bonchev–Trinajstić information content (AvgIpc) is 2.26. The van der Waals surface area contributed by atoms with Crippen molar-refractivity contribution in [3.8, 4) is 0 Å². The Morgan fingerprint density at radius 1 is 1.37 bits per heavy atom. The Balaban J connectivity index is 2.04. The molecule has 1 aromatic rings. The molecule has 106 valence electrons. The van der Waals surface area contributed by atoms with Gasteiger partial charge in [0.2, 0.25) is 0 Å². The molecule has 1 aliphatic carbocycles. The summed E-state index contributed by atoms with van der Waals surface area (Å²) >= 11 is 0. The van der Waals surface area contributed by atoms with Gasteiger partial charge in [-0.1, -0.05) is 0 Å². The highest BCUT2D eigenvalue weighted by atomic mass is 19.4. The molecule has 1 fully saturated rings. The molecule has 0 aromatic carbocycles. The number of rotatable bonds is 4. The van der Waals surface area contributed by atoms with Crippen molar-refractivity contribution in [3.05, 3.63) is 23.9 Å². The lowest BCUT2D eigenvalue weighted by molar-refractivity contribution is -0.137.